The van der Waals surface area contributed by atoms with Crippen LogP contribution in [0.15, 0.2) is 24.3 Å². The molecule has 6 nitrogen and oxygen atoms in total. The first kappa shape index (κ1) is 17.7. The Balaban J connectivity index is 1.92. The van der Waals surface area contributed by atoms with Crippen molar-refractivity contribution < 1.29 is 17.9 Å². The van der Waals surface area contributed by atoms with Crippen LogP contribution in [0.5, 0.6) is 5.75 Å². The summed E-state index contributed by atoms with van der Waals surface area (Å²) < 4.78 is 28.4. The van der Waals surface area contributed by atoms with Crippen molar-refractivity contribution in [1.82, 2.24) is 9.80 Å². The number of hydrogen-bond donors (Lipinski definition) is 0. The van der Waals surface area contributed by atoms with Crippen molar-refractivity contribution in [2.45, 2.75) is 19.0 Å². The molecule has 0 saturated carbocycles. The molecule has 23 heavy (non-hydrogen) atoms. The van der Waals surface area contributed by atoms with Crippen LogP contribution < -0.4 is 4.74 Å². The van der Waals surface area contributed by atoms with Crippen LogP contribution in [0, 0.1) is 0 Å². The summed E-state index contributed by atoms with van der Waals surface area (Å²) in [5.41, 5.74) is 0.942. The van der Waals surface area contributed by atoms with Crippen molar-refractivity contribution in [2.24, 2.45) is 0 Å². The lowest BCUT2D eigenvalue weighted by Gasteiger charge is -2.26. The van der Waals surface area contributed by atoms with Crippen LogP contribution in [0.4, 0.5) is 0 Å². The van der Waals surface area contributed by atoms with Crippen LogP contribution >= 0.6 is 0 Å². The standard InChI is InChI=1S/C16H24N2O4S/c1-17(14-8-9-23(20,21)12-14)11-16(19)18(2)10-13-6-4-5-7-15(13)22-3/h4-7,14H,8-12H2,1-3H3/t14-/m0/s1. The average molecular weight is 340 g/mol. The normalized spacial score (nSPS) is 19.7. The Morgan fingerprint density at radius 1 is 1.30 bits per heavy atom. The molecule has 1 aliphatic heterocycles. The van der Waals surface area contributed by atoms with Crippen molar-refractivity contribution >= 4 is 15.7 Å². The molecule has 1 aromatic carbocycles. The maximum Gasteiger partial charge on any atom is 0.236 e. The van der Waals surface area contributed by atoms with E-state index >= 15 is 0 Å². The third kappa shape index (κ3) is 4.68. The van der Waals surface area contributed by atoms with Crippen LogP contribution in [0.25, 0.3) is 0 Å². The number of hydrogen-bond acceptors (Lipinski definition) is 5. The van der Waals surface area contributed by atoms with Gasteiger partial charge >= 0.3 is 0 Å². The maximum absolute atomic E-state index is 12.4. The van der Waals surface area contributed by atoms with Gasteiger partial charge in [-0.1, -0.05) is 18.2 Å². The van der Waals surface area contributed by atoms with Crippen LogP contribution in [0.2, 0.25) is 0 Å². The predicted octanol–water partition coefficient (Wildman–Crippen LogP) is 0.773. The summed E-state index contributed by atoms with van der Waals surface area (Å²) in [5, 5.41) is 0. The zero-order valence-electron chi connectivity index (χ0n) is 13.9. The Bertz CT molecular complexity index is 660. The van der Waals surface area contributed by atoms with E-state index in [1.54, 1.807) is 26.1 Å². The number of carbonyl (C=O) groups excluding carboxylic acids is 1. The average Bonchev–Trinajstić information content (AvgIpc) is 2.88. The number of ether oxygens (including phenoxy) is 1. The number of likely N-dealkylation sites (N-methyl/N-ethyl adjacent to an activating group) is 2. The number of nitrogens with zero attached hydrogens (tertiary/aromatic N) is 2. The third-order valence-electron chi connectivity index (χ3n) is 4.24. The number of sulfone groups is 1. The summed E-state index contributed by atoms with van der Waals surface area (Å²) >= 11 is 0. The number of methoxy groups -OCH3 is 1. The molecular weight excluding hydrogens is 316 g/mol. The number of carbonyl (C=O) groups is 1. The van der Waals surface area contributed by atoms with Crippen molar-refractivity contribution in [3.05, 3.63) is 29.8 Å². The number of amides is 1. The first-order valence-corrected chi connectivity index (χ1v) is 9.41. The van der Waals surface area contributed by atoms with Gasteiger partial charge in [-0.15, -0.1) is 0 Å². The van der Waals surface area contributed by atoms with E-state index < -0.39 is 9.84 Å². The molecule has 0 N–H and O–H groups in total. The summed E-state index contributed by atoms with van der Waals surface area (Å²) in [4.78, 5) is 15.8. The highest BCUT2D eigenvalue weighted by Gasteiger charge is 2.31. The van der Waals surface area contributed by atoms with E-state index in [1.165, 1.54) is 0 Å². The fourth-order valence-electron chi connectivity index (χ4n) is 2.76. The Labute approximate surface area is 137 Å². The SMILES string of the molecule is COc1ccccc1CN(C)C(=O)CN(C)[C@H]1CCS(=O)(=O)C1. The Morgan fingerprint density at radius 3 is 2.61 bits per heavy atom. The molecule has 1 atom stereocenters. The van der Waals surface area contributed by atoms with Crippen LogP contribution in [-0.2, 0) is 21.2 Å². The summed E-state index contributed by atoms with van der Waals surface area (Å²) in [7, 11) is 2.22. The van der Waals surface area contributed by atoms with Gasteiger partial charge in [-0.2, -0.15) is 0 Å². The van der Waals surface area contributed by atoms with E-state index in [2.05, 4.69) is 0 Å². The number of para-hydroxylation sites is 1. The molecule has 128 valence electrons. The van der Waals surface area contributed by atoms with E-state index in [9.17, 15) is 13.2 Å². The summed E-state index contributed by atoms with van der Waals surface area (Å²) in [6, 6.07) is 7.52. The van der Waals surface area contributed by atoms with Gasteiger partial charge in [0.2, 0.25) is 5.91 Å². The Hall–Kier alpha value is -1.60. The van der Waals surface area contributed by atoms with Gasteiger partial charge in [-0.25, -0.2) is 8.42 Å². The topological polar surface area (TPSA) is 66.9 Å². The molecule has 1 amide bonds. The lowest BCUT2D eigenvalue weighted by atomic mass is 10.2. The predicted molar refractivity (Wildman–Crippen MR) is 89.2 cm³/mol. The lowest BCUT2D eigenvalue weighted by Crippen LogP contribution is -2.41. The van der Waals surface area contributed by atoms with Crippen LogP contribution in [0.1, 0.15) is 12.0 Å². The van der Waals surface area contributed by atoms with Gasteiger partial charge in [-0.3, -0.25) is 9.69 Å². The largest absolute Gasteiger partial charge is 0.496 e. The second kappa shape index (κ2) is 7.31. The van der Waals surface area contributed by atoms with Crippen molar-refractivity contribution in [1.29, 1.82) is 0 Å². The van der Waals surface area contributed by atoms with E-state index in [1.807, 2.05) is 29.2 Å². The molecule has 0 bridgehead atoms. The van der Waals surface area contributed by atoms with Gasteiger partial charge in [-0.05, 0) is 19.5 Å². The summed E-state index contributed by atoms with van der Waals surface area (Å²) in [6.07, 6.45) is 0.600. The fourth-order valence-corrected chi connectivity index (χ4v) is 4.57. The van der Waals surface area contributed by atoms with Crippen molar-refractivity contribution in [3.8, 4) is 5.75 Å². The molecule has 1 aromatic rings. The minimum atomic E-state index is -2.94. The summed E-state index contributed by atoms with van der Waals surface area (Å²) in [6.45, 7) is 0.672. The zero-order valence-corrected chi connectivity index (χ0v) is 14.7. The Morgan fingerprint density at radius 2 is 2.00 bits per heavy atom. The molecule has 0 radical (unpaired) electrons. The minimum Gasteiger partial charge on any atom is -0.496 e. The molecule has 0 spiro atoms. The number of benzene rings is 1. The third-order valence-corrected chi connectivity index (χ3v) is 5.99. The molecule has 7 heteroatoms. The van der Waals surface area contributed by atoms with Gasteiger partial charge < -0.3 is 9.64 Å². The van der Waals surface area contributed by atoms with Crippen molar-refractivity contribution in [3.63, 3.8) is 0 Å². The maximum atomic E-state index is 12.4. The Kier molecular flexibility index (Phi) is 5.64. The van der Waals surface area contributed by atoms with Gasteiger partial charge in [0.05, 0.1) is 25.2 Å². The van der Waals surface area contributed by atoms with Gasteiger partial charge in [0.25, 0.3) is 0 Å². The highest BCUT2D eigenvalue weighted by atomic mass is 32.2. The van der Waals surface area contributed by atoms with Gasteiger partial charge in [0.1, 0.15) is 5.75 Å². The van der Waals surface area contributed by atoms with Gasteiger partial charge in [0.15, 0.2) is 9.84 Å². The molecular formula is C16H24N2O4S. The molecule has 0 aliphatic carbocycles. The second-order valence-corrected chi connectivity index (χ2v) is 8.26. The summed E-state index contributed by atoms with van der Waals surface area (Å²) in [5.74, 6) is 1.07. The van der Waals surface area contributed by atoms with Crippen LogP contribution in [-0.4, -0.2) is 69.4 Å². The molecule has 2 rings (SSSR count). The first-order valence-electron chi connectivity index (χ1n) is 7.59. The van der Waals surface area contributed by atoms with E-state index in [-0.39, 0.29) is 30.0 Å². The van der Waals surface area contributed by atoms with Crippen LogP contribution in [0.3, 0.4) is 0 Å². The zero-order chi connectivity index (χ0) is 17.0. The fraction of sp³-hybridized carbons (Fsp3) is 0.562. The van der Waals surface area contributed by atoms with Crippen molar-refractivity contribution in [2.75, 3.05) is 39.3 Å². The smallest absolute Gasteiger partial charge is 0.236 e. The highest BCUT2D eigenvalue weighted by molar-refractivity contribution is 7.91. The van der Waals surface area contributed by atoms with E-state index in [0.29, 0.717) is 13.0 Å². The lowest BCUT2D eigenvalue weighted by molar-refractivity contribution is -0.131. The van der Waals surface area contributed by atoms with Gasteiger partial charge in [0, 0.05) is 25.2 Å². The van der Waals surface area contributed by atoms with E-state index in [0.717, 1.165) is 11.3 Å². The molecule has 0 unspecified atom stereocenters. The quantitative estimate of drug-likeness (QED) is 0.765. The second-order valence-electron chi connectivity index (χ2n) is 6.03. The molecule has 0 aromatic heterocycles. The molecule has 1 fully saturated rings. The minimum absolute atomic E-state index is 0.0392. The van der Waals surface area contributed by atoms with E-state index in [4.69, 9.17) is 4.74 Å². The molecule has 1 saturated heterocycles. The monoisotopic (exact) mass is 340 g/mol. The highest BCUT2D eigenvalue weighted by Crippen LogP contribution is 2.19. The molecule has 1 aliphatic rings. The first-order chi connectivity index (χ1) is 10.8. The molecule has 1 heterocycles. The number of rotatable bonds is 6.